The highest BCUT2D eigenvalue weighted by Crippen LogP contribution is 2.23. The number of sulfonamides is 1. The molecule has 2 heterocycles. The summed E-state index contributed by atoms with van der Waals surface area (Å²) in [5.74, 6) is 6.36. The van der Waals surface area contributed by atoms with Gasteiger partial charge in [0.25, 0.3) is 5.91 Å². The predicted molar refractivity (Wildman–Crippen MR) is 129 cm³/mol. The Morgan fingerprint density at radius 3 is 2.47 bits per heavy atom. The van der Waals surface area contributed by atoms with Crippen LogP contribution in [0.4, 0.5) is 0 Å². The van der Waals surface area contributed by atoms with Gasteiger partial charge < -0.3 is 9.64 Å². The second-order valence-electron chi connectivity index (χ2n) is 7.53. The number of nitrogens with zero attached hydrogens (tertiary/aromatic N) is 3. The number of rotatable bonds is 4. The van der Waals surface area contributed by atoms with Gasteiger partial charge in [-0.25, -0.2) is 13.4 Å². The third-order valence-corrected chi connectivity index (χ3v) is 7.53. The summed E-state index contributed by atoms with van der Waals surface area (Å²) in [4.78, 5) is 19.1. The number of piperazine rings is 1. The SMILES string of the molecule is COc1ccc(C(=O)N2CCN(S(=O)(=O)c3cccc(Cl)c3)CC2)cc1C#Cc1ccccn1. The maximum absolute atomic E-state index is 13.1. The lowest BCUT2D eigenvalue weighted by molar-refractivity contribution is 0.0698. The Balaban J connectivity index is 1.48. The Morgan fingerprint density at radius 2 is 1.79 bits per heavy atom. The van der Waals surface area contributed by atoms with Crippen LogP contribution in [0.25, 0.3) is 0 Å². The van der Waals surface area contributed by atoms with Crippen LogP contribution in [0, 0.1) is 11.8 Å². The number of carbonyl (C=O) groups is 1. The Morgan fingerprint density at radius 1 is 1.00 bits per heavy atom. The van der Waals surface area contributed by atoms with Crippen molar-refractivity contribution >= 4 is 27.5 Å². The number of amides is 1. The molecule has 0 unspecified atom stereocenters. The number of halogens is 1. The van der Waals surface area contributed by atoms with Crippen molar-refractivity contribution in [2.75, 3.05) is 33.3 Å². The molecule has 2 aromatic carbocycles. The van der Waals surface area contributed by atoms with Crippen molar-refractivity contribution in [3.63, 3.8) is 0 Å². The number of benzene rings is 2. The zero-order valence-electron chi connectivity index (χ0n) is 18.4. The molecule has 0 saturated carbocycles. The van der Waals surface area contributed by atoms with Gasteiger partial charge in [-0.05, 0) is 54.5 Å². The molecule has 7 nitrogen and oxygen atoms in total. The van der Waals surface area contributed by atoms with Crippen LogP contribution in [0.5, 0.6) is 5.75 Å². The molecule has 0 atom stereocenters. The van der Waals surface area contributed by atoms with Gasteiger partial charge in [0, 0.05) is 43.0 Å². The summed E-state index contributed by atoms with van der Waals surface area (Å²) in [6.07, 6.45) is 1.66. The van der Waals surface area contributed by atoms with Crippen molar-refractivity contribution in [3.8, 4) is 17.6 Å². The molecule has 4 rings (SSSR count). The minimum atomic E-state index is -3.68. The van der Waals surface area contributed by atoms with Crippen LogP contribution in [-0.4, -0.2) is 61.8 Å². The fourth-order valence-corrected chi connectivity index (χ4v) is 5.32. The summed E-state index contributed by atoms with van der Waals surface area (Å²) in [6, 6.07) is 16.7. The Hall–Kier alpha value is -3.38. The Kier molecular flexibility index (Phi) is 7.17. The van der Waals surface area contributed by atoms with Crippen LogP contribution in [0.3, 0.4) is 0 Å². The zero-order chi connectivity index (χ0) is 24.1. The highest BCUT2D eigenvalue weighted by Gasteiger charge is 2.30. The van der Waals surface area contributed by atoms with Crippen LogP contribution in [0.2, 0.25) is 5.02 Å². The average molecular weight is 496 g/mol. The molecule has 34 heavy (non-hydrogen) atoms. The van der Waals surface area contributed by atoms with Crippen LogP contribution >= 0.6 is 11.6 Å². The van der Waals surface area contributed by atoms with Gasteiger partial charge in [0.2, 0.25) is 10.0 Å². The minimum Gasteiger partial charge on any atom is -0.495 e. The lowest BCUT2D eigenvalue weighted by Crippen LogP contribution is -2.50. The molecule has 3 aromatic rings. The Labute approximate surface area is 204 Å². The normalized spacial score (nSPS) is 14.2. The molecule has 0 spiro atoms. The molecule has 1 fully saturated rings. The fraction of sp³-hybridized carbons (Fsp3) is 0.200. The number of hydrogen-bond donors (Lipinski definition) is 0. The Bertz CT molecular complexity index is 1360. The van der Waals surface area contributed by atoms with E-state index in [2.05, 4.69) is 16.8 Å². The van der Waals surface area contributed by atoms with E-state index < -0.39 is 10.0 Å². The maximum Gasteiger partial charge on any atom is 0.253 e. The second-order valence-corrected chi connectivity index (χ2v) is 9.91. The summed E-state index contributed by atoms with van der Waals surface area (Å²) in [6.45, 7) is 0.950. The van der Waals surface area contributed by atoms with Gasteiger partial charge in [0.05, 0.1) is 17.6 Å². The highest BCUT2D eigenvalue weighted by molar-refractivity contribution is 7.89. The first-order valence-electron chi connectivity index (χ1n) is 10.5. The molecule has 174 valence electrons. The average Bonchev–Trinajstić information content (AvgIpc) is 2.87. The number of pyridine rings is 1. The summed E-state index contributed by atoms with van der Waals surface area (Å²) >= 11 is 5.96. The van der Waals surface area contributed by atoms with E-state index in [1.807, 2.05) is 12.1 Å². The van der Waals surface area contributed by atoms with Crippen molar-refractivity contribution in [1.29, 1.82) is 0 Å². The molecule has 0 bridgehead atoms. The third kappa shape index (κ3) is 5.23. The first-order valence-corrected chi connectivity index (χ1v) is 12.4. The van der Waals surface area contributed by atoms with Gasteiger partial charge in [-0.3, -0.25) is 4.79 Å². The molecule has 0 N–H and O–H groups in total. The molecule has 1 aromatic heterocycles. The highest BCUT2D eigenvalue weighted by atomic mass is 35.5. The summed E-state index contributed by atoms with van der Waals surface area (Å²) in [5, 5.41) is 0.358. The van der Waals surface area contributed by atoms with Gasteiger partial charge in [0.1, 0.15) is 11.4 Å². The number of hydrogen-bond acceptors (Lipinski definition) is 5. The van der Waals surface area contributed by atoms with E-state index in [0.717, 1.165) is 0 Å². The van der Waals surface area contributed by atoms with E-state index in [9.17, 15) is 13.2 Å². The summed E-state index contributed by atoms with van der Waals surface area (Å²) < 4.78 is 32.6. The number of ether oxygens (including phenoxy) is 1. The molecule has 0 radical (unpaired) electrons. The van der Waals surface area contributed by atoms with Crippen molar-refractivity contribution < 1.29 is 17.9 Å². The standard InChI is InChI=1S/C25H22ClN3O4S/c1-33-24-11-9-20(17-19(24)8-10-22-6-2-3-12-27-22)25(30)28-13-15-29(16-14-28)34(31,32)23-7-4-5-21(26)18-23/h2-7,9,11-12,17-18H,13-16H2,1H3. The lowest BCUT2D eigenvalue weighted by atomic mass is 10.1. The van der Waals surface area contributed by atoms with Crippen molar-refractivity contribution in [2.45, 2.75) is 4.90 Å². The predicted octanol–water partition coefficient (Wildman–Crippen LogP) is 3.29. The van der Waals surface area contributed by atoms with Gasteiger partial charge in [-0.2, -0.15) is 4.31 Å². The number of aromatic nitrogens is 1. The molecular formula is C25H22ClN3O4S. The van der Waals surface area contributed by atoms with E-state index in [1.165, 1.54) is 16.4 Å². The molecule has 0 aliphatic carbocycles. The van der Waals surface area contributed by atoms with E-state index in [4.69, 9.17) is 16.3 Å². The first-order chi connectivity index (χ1) is 16.4. The zero-order valence-corrected chi connectivity index (χ0v) is 20.0. The van der Waals surface area contributed by atoms with Crippen LogP contribution in [0.15, 0.2) is 71.8 Å². The van der Waals surface area contributed by atoms with Gasteiger partial charge in [0.15, 0.2) is 0 Å². The van der Waals surface area contributed by atoms with E-state index >= 15 is 0 Å². The van der Waals surface area contributed by atoms with Gasteiger partial charge in [-0.15, -0.1) is 0 Å². The minimum absolute atomic E-state index is 0.144. The first kappa shape index (κ1) is 23.8. The number of carbonyl (C=O) groups excluding carboxylic acids is 1. The summed E-state index contributed by atoms with van der Waals surface area (Å²) in [5.41, 5.74) is 1.64. The molecule has 1 saturated heterocycles. The second kappa shape index (κ2) is 10.3. The topological polar surface area (TPSA) is 79.8 Å². The van der Waals surface area contributed by atoms with E-state index in [1.54, 1.807) is 54.6 Å². The third-order valence-electron chi connectivity index (χ3n) is 5.40. The molecular weight excluding hydrogens is 474 g/mol. The molecule has 1 amide bonds. The van der Waals surface area contributed by atoms with Gasteiger partial charge >= 0.3 is 0 Å². The maximum atomic E-state index is 13.1. The largest absolute Gasteiger partial charge is 0.495 e. The molecule has 1 aliphatic rings. The van der Waals surface area contributed by atoms with Crippen molar-refractivity contribution in [3.05, 3.63) is 88.7 Å². The molecule has 1 aliphatic heterocycles. The van der Waals surface area contributed by atoms with Crippen molar-refractivity contribution in [2.24, 2.45) is 0 Å². The van der Waals surface area contributed by atoms with Gasteiger partial charge in [-0.1, -0.05) is 29.7 Å². The van der Waals surface area contributed by atoms with Crippen LogP contribution in [-0.2, 0) is 10.0 Å². The molecule has 9 heteroatoms. The van der Waals surface area contributed by atoms with E-state index in [-0.39, 0.29) is 37.0 Å². The monoisotopic (exact) mass is 495 g/mol. The van der Waals surface area contributed by atoms with Crippen molar-refractivity contribution in [1.82, 2.24) is 14.2 Å². The number of methoxy groups -OCH3 is 1. The fourth-order valence-electron chi connectivity index (χ4n) is 3.60. The van der Waals surface area contributed by atoms with Crippen LogP contribution < -0.4 is 4.74 Å². The quantitative estimate of drug-likeness (QED) is 0.519. The van der Waals surface area contributed by atoms with Crippen LogP contribution in [0.1, 0.15) is 21.6 Å². The van der Waals surface area contributed by atoms with E-state index in [0.29, 0.717) is 27.6 Å². The summed E-state index contributed by atoms with van der Waals surface area (Å²) in [7, 11) is -2.13. The lowest BCUT2D eigenvalue weighted by Gasteiger charge is -2.34. The smallest absolute Gasteiger partial charge is 0.253 e.